The molecule has 3 nitrogen and oxygen atoms in total. The number of hydrogen-bond acceptors (Lipinski definition) is 3. The molecule has 1 N–H and O–H groups in total. The van der Waals surface area contributed by atoms with Crippen LogP contribution in [0.4, 0.5) is 0 Å². The molecule has 4 heteroatoms. The summed E-state index contributed by atoms with van der Waals surface area (Å²) in [6, 6.07) is 2.75. The van der Waals surface area contributed by atoms with Crippen LogP contribution < -0.4 is 5.32 Å². The molecule has 0 saturated carbocycles. The number of nitrogens with one attached hydrogen (secondary N) is 1. The summed E-state index contributed by atoms with van der Waals surface area (Å²) in [6.45, 7) is 5.58. The smallest absolute Gasteiger partial charge is 0.0315 e. The summed E-state index contributed by atoms with van der Waals surface area (Å²) >= 11 is 0. The van der Waals surface area contributed by atoms with Gasteiger partial charge in [0.05, 0.1) is 0 Å². The lowest BCUT2D eigenvalue weighted by Gasteiger charge is -2.32. The topological polar surface area (TPSA) is 28.2 Å². The van der Waals surface area contributed by atoms with Gasteiger partial charge in [0.2, 0.25) is 0 Å². The molecule has 1 atom stereocenters. The standard InChI is InChI=1S/C13H21N3.ClH/c1-11-5-6-15-8-12(11)9-16-7-3-4-13(10-16)14-2;/h5-6,8,13-14H,3-4,7,9-10H2,1-2H3;1H. The first-order valence-electron chi connectivity index (χ1n) is 6.08. The van der Waals surface area contributed by atoms with Crippen LogP contribution in [0.5, 0.6) is 0 Å². The second kappa shape index (κ2) is 6.94. The minimum atomic E-state index is 0. The number of pyridine rings is 1. The van der Waals surface area contributed by atoms with Gasteiger partial charge in [-0.2, -0.15) is 0 Å². The first-order chi connectivity index (χ1) is 7.79. The lowest BCUT2D eigenvalue weighted by atomic mass is 10.0. The maximum Gasteiger partial charge on any atom is 0.0315 e. The molecule has 0 bridgehead atoms. The lowest BCUT2D eigenvalue weighted by Crippen LogP contribution is -2.43. The summed E-state index contributed by atoms with van der Waals surface area (Å²) in [5.41, 5.74) is 2.71. The van der Waals surface area contributed by atoms with Gasteiger partial charge in [-0.1, -0.05) is 0 Å². The number of aryl methyl sites for hydroxylation is 1. The van der Waals surface area contributed by atoms with E-state index >= 15 is 0 Å². The molecule has 2 heterocycles. The third-order valence-corrected chi connectivity index (χ3v) is 3.46. The van der Waals surface area contributed by atoms with E-state index < -0.39 is 0 Å². The summed E-state index contributed by atoms with van der Waals surface area (Å²) < 4.78 is 0. The fourth-order valence-corrected chi connectivity index (χ4v) is 2.34. The SMILES string of the molecule is CNC1CCCN(Cc2cnccc2C)C1.Cl. The lowest BCUT2D eigenvalue weighted by molar-refractivity contribution is 0.187. The van der Waals surface area contributed by atoms with Crippen LogP contribution in [-0.4, -0.2) is 36.1 Å². The van der Waals surface area contributed by atoms with Crippen molar-refractivity contribution in [1.29, 1.82) is 0 Å². The molecule has 96 valence electrons. The Labute approximate surface area is 110 Å². The molecule has 1 aromatic rings. The van der Waals surface area contributed by atoms with Gasteiger partial charge in [0, 0.05) is 31.5 Å². The highest BCUT2D eigenvalue weighted by Gasteiger charge is 2.18. The fourth-order valence-electron chi connectivity index (χ4n) is 2.34. The van der Waals surface area contributed by atoms with Crippen molar-refractivity contribution < 1.29 is 0 Å². The zero-order valence-corrected chi connectivity index (χ0v) is 11.5. The van der Waals surface area contributed by atoms with Crippen LogP contribution in [0.25, 0.3) is 0 Å². The van der Waals surface area contributed by atoms with Crippen LogP contribution in [0.2, 0.25) is 0 Å². The number of likely N-dealkylation sites (tertiary alicyclic amines) is 1. The van der Waals surface area contributed by atoms with Gasteiger partial charge in [-0.25, -0.2) is 0 Å². The van der Waals surface area contributed by atoms with Crippen molar-refractivity contribution in [2.24, 2.45) is 0 Å². The van der Waals surface area contributed by atoms with Crippen molar-refractivity contribution >= 4 is 12.4 Å². The van der Waals surface area contributed by atoms with E-state index in [9.17, 15) is 0 Å². The van der Waals surface area contributed by atoms with E-state index in [1.165, 1.54) is 30.5 Å². The molecular formula is C13H22ClN3. The Balaban J connectivity index is 0.00000144. The quantitative estimate of drug-likeness (QED) is 0.896. The van der Waals surface area contributed by atoms with Gasteiger partial charge in [-0.3, -0.25) is 9.88 Å². The number of nitrogens with zero attached hydrogens (tertiary/aromatic N) is 2. The van der Waals surface area contributed by atoms with Crippen molar-refractivity contribution in [3.05, 3.63) is 29.6 Å². The summed E-state index contributed by atoms with van der Waals surface area (Å²) in [7, 11) is 2.06. The molecule has 2 rings (SSSR count). The summed E-state index contributed by atoms with van der Waals surface area (Å²) in [5.74, 6) is 0. The number of aromatic nitrogens is 1. The highest BCUT2D eigenvalue weighted by Crippen LogP contribution is 2.14. The molecule has 1 aromatic heterocycles. The highest BCUT2D eigenvalue weighted by molar-refractivity contribution is 5.85. The Morgan fingerprint density at radius 1 is 1.53 bits per heavy atom. The molecule has 1 unspecified atom stereocenters. The maximum atomic E-state index is 4.21. The highest BCUT2D eigenvalue weighted by atomic mass is 35.5. The molecule has 0 aliphatic carbocycles. The Bertz CT molecular complexity index is 343. The molecular weight excluding hydrogens is 234 g/mol. The van der Waals surface area contributed by atoms with Gasteiger partial charge in [-0.05, 0) is 50.6 Å². The van der Waals surface area contributed by atoms with E-state index in [4.69, 9.17) is 0 Å². The molecule has 0 radical (unpaired) electrons. The van der Waals surface area contributed by atoms with Crippen LogP contribution in [0.3, 0.4) is 0 Å². The minimum absolute atomic E-state index is 0. The first-order valence-corrected chi connectivity index (χ1v) is 6.08. The monoisotopic (exact) mass is 255 g/mol. The predicted octanol–water partition coefficient (Wildman–Crippen LogP) is 2.00. The zero-order valence-electron chi connectivity index (χ0n) is 10.6. The van der Waals surface area contributed by atoms with Crippen molar-refractivity contribution in [2.75, 3.05) is 20.1 Å². The van der Waals surface area contributed by atoms with Crippen molar-refractivity contribution in [3.8, 4) is 0 Å². The Kier molecular flexibility index (Phi) is 5.89. The molecule has 17 heavy (non-hydrogen) atoms. The van der Waals surface area contributed by atoms with E-state index in [-0.39, 0.29) is 12.4 Å². The van der Waals surface area contributed by atoms with E-state index in [1.807, 2.05) is 12.4 Å². The normalized spacial score (nSPS) is 20.9. The molecule has 0 aromatic carbocycles. The van der Waals surface area contributed by atoms with Gasteiger partial charge in [0.25, 0.3) is 0 Å². The average molecular weight is 256 g/mol. The summed E-state index contributed by atoms with van der Waals surface area (Å²) in [6.07, 6.45) is 6.47. The minimum Gasteiger partial charge on any atom is -0.316 e. The summed E-state index contributed by atoms with van der Waals surface area (Å²) in [4.78, 5) is 6.73. The molecule has 1 fully saturated rings. The molecule has 1 saturated heterocycles. The largest absolute Gasteiger partial charge is 0.316 e. The number of likely N-dealkylation sites (N-methyl/N-ethyl adjacent to an activating group) is 1. The average Bonchev–Trinajstić information content (AvgIpc) is 2.32. The third-order valence-electron chi connectivity index (χ3n) is 3.46. The molecule has 1 aliphatic rings. The Morgan fingerprint density at radius 2 is 2.35 bits per heavy atom. The van der Waals surface area contributed by atoms with E-state index in [1.54, 1.807) is 0 Å². The molecule has 0 amide bonds. The van der Waals surface area contributed by atoms with Gasteiger partial charge in [-0.15, -0.1) is 12.4 Å². The molecule has 1 aliphatic heterocycles. The number of hydrogen-bond donors (Lipinski definition) is 1. The van der Waals surface area contributed by atoms with Gasteiger partial charge in [0.15, 0.2) is 0 Å². The predicted molar refractivity (Wildman–Crippen MR) is 73.6 cm³/mol. The van der Waals surface area contributed by atoms with Gasteiger partial charge < -0.3 is 5.32 Å². The first kappa shape index (κ1) is 14.4. The van der Waals surface area contributed by atoms with Gasteiger partial charge in [0.1, 0.15) is 0 Å². The number of rotatable bonds is 3. The molecule has 0 spiro atoms. The third kappa shape index (κ3) is 3.95. The van der Waals surface area contributed by atoms with Crippen LogP contribution in [0, 0.1) is 6.92 Å². The Morgan fingerprint density at radius 3 is 3.06 bits per heavy atom. The van der Waals surface area contributed by atoms with Crippen LogP contribution in [-0.2, 0) is 6.54 Å². The van der Waals surface area contributed by atoms with Crippen molar-refractivity contribution in [1.82, 2.24) is 15.2 Å². The fraction of sp³-hybridized carbons (Fsp3) is 0.615. The van der Waals surface area contributed by atoms with E-state index in [2.05, 4.69) is 35.2 Å². The van der Waals surface area contributed by atoms with E-state index in [0.29, 0.717) is 6.04 Å². The Hall–Kier alpha value is -0.640. The summed E-state index contributed by atoms with van der Waals surface area (Å²) in [5, 5.41) is 3.38. The number of piperidine rings is 1. The maximum absolute atomic E-state index is 4.21. The van der Waals surface area contributed by atoms with Crippen LogP contribution in [0.1, 0.15) is 24.0 Å². The van der Waals surface area contributed by atoms with Crippen molar-refractivity contribution in [3.63, 3.8) is 0 Å². The van der Waals surface area contributed by atoms with Crippen LogP contribution >= 0.6 is 12.4 Å². The number of halogens is 1. The van der Waals surface area contributed by atoms with Crippen LogP contribution in [0.15, 0.2) is 18.5 Å². The second-order valence-corrected chi connectivity index (χ2v) is 4.67. The van der Waals surface area contributed by atoms with E-state index in [0.717, 1.165) is 13.1 Å². The zero-order chi connectivity index (χ0) is 11.4. The van der Waals surface area contributed by atoms with Crippen molar-refractivity contribution in [2.45, 2.75) is 32.4 Å². The second-order valence-electron chi connectivity index (χ2n) is 4.67. The van der Waals surface area contributed by atoms with Gasteiger partial charge >= 0.3 is 0 Å².